The van der Waals surface area contributed by atoms with E-state index in [1.807, 2.05) is 31.2 Å². The molecule has 0 saturated carbocycles. The Balaban J connectivity index is 1.72. The molecule has 2 aromatic rings. The summed E-state index contributed by atoms with van der Waals surface area (Å²) in [4.78, 5) is 11.9. The van der Waals surface area contributed by atoms with Gasteiger partial charge in [-0.05, 0) is 61.4 Å². The van der Waals surface area contributed by atoms with Crippen LogP contribution in [-0.4, -0.2) is 24.7 Å². The van der Waals surface area contributed by atoms with E-state index in [0.717, 1.165) is 17.1 Å². The number of aromatic hydroxyl groups is 1. The average molecular weight is 315 g/mol. The number of phenols is 1. The maximum absolute atomic E-state index is 11.9. The van der Waals surface area contributed by atoms with Crippen LogP contribution in [0.1, 0.15) is 18.4 Å². The minimum atomic E-state index is -0.0721. The van der Waals surface area contributed by atoms with Gasteiger partial charge >= 0.3 is 0 Å². The van der Waals surface area contributed by atoms with E-state index < -0.39 is 0 Å². The molecule has 0 aliphatic heterocycles. The number of carbonyl (C=O) groups excluding carboxylic acids is 1. The van der Waals surface area contributed by atoms with Crippen molar-refractivity contribution < 1.29 is 19.4 Å². The first-order chi connectivity index (χ1) is 11.1. The first-order valence-corrected chi connectivity index (χ1v) is 7.45. The Morgan fingerprint density at radius 1 is 1.13 bits per heavy atom. The van der Waals surface area contributed by atoms with Crippen molar-refractivity contribution in [1.29, 1.82) is 0 Å². The monoisotopic (exact) mass is 315 g/mol. The van der Waals surface area contributed by atoms with Gasteiger partial charge in [0, 0.05) is 12.1 Å². The first-order valence-electron chi connectivity index (χ1n) is 7.45. The third-order valence-corrected chi connectivity index (χ3v) is 3.36. The van der Waals surface area contributed by atoms with Crippen molar-refractivity contribution in [2.75, 3.05) is 19.0 Å². The highest BCUT2D eigenvalue weighted by atomic mass is 16.5. The maximum Gasteiger partial charge on any atom is 0.224 e. The zero-order valence-corrected chi connectivity index (χ0v) is 13.3. The second-order valence-electron chi connectivity index (χ2n) is 5.17. The lowest BCUT2D eigenvalue weighted by Gasteiger charge is -2.09. The predicted molar refractivity (Wildman–Crippen MR) is 89.2 cm³/mol. The van der Waals surface area contributed by atoms with Crippen LogP contribution in [0.2, 0.25) is 0 Å². The molecule has 2 rings (SSSR count). The largest absolute Gasteiger partial charge is 0.508 e. The summed E-state index contributed by atoms with van der Waals surface area (Å²) in [6.45, 7) is 2.30. The van der Waals surface area contributed by atoms with Gasteiger partial charge < -0.3 is 19.9 Å². The van der Waals surface area contributed by atoms with Gasteiger partial charge in [0.05, 0.1) is 13.7 Å². The van der Waals surface area contributed by atoms with E-state index in [9.17, 15) is 9.90 Å². The molecule has 1 amide bonds. The second kappa shape index (κ2) is 8.08. The lowest BCUT2D eigenvalue weighted by molar-refractivity contribution is -0.116. The fourth-order valence-corrected chi connectivity index (χ4v) is 2.10. The van der Waals surface area contributed by atoms with Crippen LogP contribution in [0, 0.1) is 6.92 Å². The van der Waals surface area contributed by atoms with Gasteiger partial charge in [-0.3, -0.25) is 4.79 Å². The molecule has 0 saturated heterocycles. The van der Waals surface area contributed by atoms with Gasteiger partial charge in [0.15, 0.2) is 0 Å². The summed E-state index contributed by atoms with van der Waals surface area (Å²) in [5.41, 5.74) is 1.54. The van der Waals surface area contributed by atoms with E-state index in [1.165, 1.54) is 0 Å². The maximum atomic E-state index is 11.9. The lowest BCUT2D eigenvalue weighted by atomic mass is 10.2. The van der Waals surface area contributed by atoms with E-state index in [0.29, 0.717) is 25.1 Å². The van der Waals surface area contributed by atoms with Crippen LogP contribution in [0.5, 0.6) is 17.2 Å². The van der Waals surface area contributed by atoms with Gasteiger partial charge in [-0.15, -0.1) is 0 Å². The van der Waals surface area contributed by atoms with Crippen LogP contribution in [0.3, 0.4) is 0 Å². The summed E-state index contributed by atoms with van der Waals surface area (Å²) < 4.78 is 10.7. The Bertz CT molecular complexity index is 653. The fourth-order valence-electron chi connectivity index (χ4n) is 2.10. The molecule has 5 nitrogen and oxygen atoms in total. The molecule has 2 aromatic carbocycles. The number of ether oxygens (including phenoxy) is 2. The lowest BCUT2D eigenvalue weighted by Crippen LogP contribution is -2.13. The van der Waals surface area contributed by atoms with Gasteiger partial charge in [0.2, 0.25) is 5.91 Å². The van der Waals surface area contributed by atoms with E-state index in [4.69, 9.17) is 9.47 Å². The van der Waals surface area contributed by atoms with Crippen molar-refractivity contribution in [3.8, 4) is 17.2 Å². The SMILES string of the molecule is COc1ccc(OCCCC(=O)Nc2ccc(O)cc2C)cc1. The Morgan fingerprint density at radius 3 is 2.48 bits per heavy atom. The van der Waals surface area contributed by atoms with E-state index in [1.54, 1.807) is 25.3 Å². The Morgan fingerprint density at radius 2 is 1.83 bits per heavy atom. The highest BCUT2D eigenvalue weighted by Gasteiger charge is 2.05. The fraction of sp³-hybridized carbons (Fsp3) is 0.278. The second-order valence-corrected chi connectivity index (χ2v) is 5.17. The molecule has 0 unspecified atom stereocenters. The summed E-state index contributed by atoms with van der Waals surface area (Å²) >= 11 is 0. The first kappa shape index (κ1) is 16.7. The Hall–Kier alpha value is -2.69. The molecular weight excluding hydrogens is 294 g/mol. The normalized spacial score (nSPS) is 10.2. The highest BCUT2D eigenvalue weighted by Crippen LogP contribution is 2.20. The molecule has 0 spiro atoms. The van der Waals surface area contributed by atoms with Crippen LogP contribution in [0.25, 0.3) is 0 Å². The molecule has 0 aliphatic rings. The summed E-state index contributed by atoms with van der Waals surface area (Å²) in [7, 11) is 1.62. The number of phenolic OH excluding ortho intramolecular Hbond substituents is 1. The predicted octanol–water partition coefficient (Wildman–Crippen LogP) is 3.51. The molecule has 0 heterocycles. The summed E-state index contributed by atoms with van der Waals surface area (Å²) in [5.74, 6) is 1.65. The molecule has 5 heteroatoms. The Labute approximate surface area is 135 Å². The molecule has 0 aliphatic carbocycles. The van der Waals surface area contributed by atoms with Crippen molar-refractivity contribution in [3.63, 3.8) is 0 Å². The van der Waals surface area contributed by atoms with Crippen LogP contribution in [-0.2, 0) is 4.79 Å². The quantitative estimate of drug-likeness (QED) is 0.606. The topological polar surface area (TPSA) is 67.8 Å². The minimum absolute atomic E-state index is 0.0721. The van der Waals surface area contributed by atoms with Crippen molar-refractivity contribution in [3.05, 3.63) is 48.0 Å². The molecule has 2 N–H and O–H groups in total. The number of rotatable bonds is 7. The molecule has 0 bridgehead atoms. The summed E-state index contributed by atoms with van der Waals surface area (Å²) in [6, 6.07) is 12.2. The molecule has 122 valence electrons. The van der Waals surface area contributed by atoms with Gasteiger partial charge in [-0.2, -0.15) is 0 Å². The zero-order valence-electron chi connectivity index (χ0n) is 13.3. The van der Waals surface area contributed by atoms with E-state index in [-0.39, 0.29) is 11.7 Å². The number of nitrogens with one attached hydrogen (secondary N) is 1. The highest BCUT2D eigenvalue weighted by molar-refractivity contribution is 5.91. The standard InChI is InChI=1S/C18H21NO4/c1-13-12-14(20)5-10-17(13)19-18(21)4-3-11-23-16-8-6-15(22-2)7-9-16/h5-10,12,20H,3-4,11H2,1-2H3,(H,19,21). The smallest absolute Gasteiger partial charge is 0.224 e. The van der Waals surface area contributed by atoms with Crippen molar-refractivity contribution >= 4 is 11.6 Å². The van der Waals surface area contributed by atoms with Gasteiger partial charge in [-0.1, -0.05) is 0 Å². The number of methoxy groups -OCH3 is 1. The van der Waals surface area contributed by atoms with Crippen molar-refractivity contribution in [1.82, 2.24) is 0 Å². The van der Waals surface area contributed by atoms with Gasteiger partial charge in [0.25, 0.3) is 0 Å². The molecule has 23 heavy (non-hydrogen) atoms. The Kier molecular flexibility index (Phi) is 5.86. The van der Waals surface area contributed by atoms with Crippen LogP contribution >= 0.6 is 0 Å². The molecular formula is C18H21NO4. The van der Waals surface area contributed by atoms with E-state index in [2.05, 4.69) is 5.32 Å². The number of carbonyl (C=O) groups is 1. The van der Waals surface area contributed by atoms with Crippen molar-refractivity contribution in [2.24, 2.45) is 0 Å². The number of amides is 1. The van der Waals surface area contributed by atoms with Crippen LogP contribution in [0.15, 0.2) is 42.5 Å². The molecule has 0 radical (unpaired) electrons. The van der Waals surface area contributed by atoms with Crippen LogP contribution in [0.4, 0.5) is 5.69 Å². The van der Waals surface area contributed by atoms with Gasteiger partial charge in [0.1, 0.15) is 17.2 Å². The van der Waals surface area contributed by atoms with Gasteiger partial charge in [-0.25, -0.2) is 0 Å². The number of benzene rings is 2. The number of hydrogen-bond donors (Lipinski definition) is 2. The van der Waals surface area contributed by atoms with Crippen LogP contribution < -0.4 is 14.8 Å². The summed E-state index contributed by atoms with van der Waals surface area (Å²) in [5, 5.41) is 12.2. The number of aryl methyl sites for hydroxylation is 1. The number of hydrogen-bond acceptors (Lipinski definition) is 4. The van der Waals surface area contributed by atoms with Crippen molar-refractivity contribution in [2.45, 2.75) is 19.8 Å². The molecule has 0 fully saturated rings. The summed E-state index contributed by atoms with van der Waals surface area (Å²) in [6.07, 6.45) is 0.992. The average Bonchev–Trinajstić information content (AvgIpc) is 2.55. The third kappa shape index (κ3) is 5.21. The van der Waals surface area contributed by atoms with E-state index >= 15 is 0 Å². The minimum Gasteiger partial charge on any atom is -0.508 e. The molecule has 0 aromatic heterocycles. The zero-order chi connectivity index (χ0) is 16.7. The number of anilines is 1. The molecule has 0 atom stereocenters. The third-order valence-electron chi connectivity index (χ3n) is 3.36.